The normalized spacial score (nSPS) is 12.1. The number of amides is 1. The van der Waals surface area contributed by atoms with Crippen LogP contribution in [0.3, 0.4) is 0 Å². The molecule has 0 saturated heterocycles. The molecule has 0 bridgehead atoms. The summed E-state index contributed by atoms with van der Waals surface area (Å²) in [5.41, 5.74) is 1.07. The van der Waals surface area contributed by atoms with Gasteiger partial charge in [-0.2, -0.15) is 18.3 Å². The molecule has 2 aromatic carbocycles. The summed E-state index contributed by atoms with van der Waals surface area (Å²) in [5, 5.41) is 5.64. The standard InChI is InChI=1S/C19H14F3N3O3S2/c20-19(21,22)14-5-2-6-15(11-14)25-30(27,28)17-8-1-4-13(10-17)18(26)24-23-12-16-7-3-9-29-16/h1-12,25H,(H,24,26)/b23-12+. The molecule has 0 aliphatic carbocycles. The number of hydrogen-bond acceptors (Lipinski definition) is 5. The molecule has 11 heteroatoms. The molecule has 1 heterocycles. The van der Waals surface area contributed by atoms with Crippen molar-refractivity contribution >= 4 is 39.2 Å². The minimum atomic E-state index is -4.61. The van der Waals surface area contributed by atoms with E-state index in [0.717, 1.165) is 23.1 Å². The molecule has 0 aliphatic rings. The van der Waals surface area contributed by atoms with E-state index >= 15 is 0 Å². The first-order chi connectivity index (χ1) is 14.1. The molecular formula is C19H14F3N3O3S2. The Kier molecular flexibility index (Phi) is 6.22. The van der Waals surface area contributed by atoms with E-state index < -0.39 is 27.7 Å². The average Bonchev–Trinajstić information content (AvgIpc) is 3.21. The average molecular weight is 453 g/mol. The maximum Gasteiger partial charge on any atom is 0.416 e. The van der Waals surface area contributed by atoms with E-state index in [1.807, 2.05) is 11.4 Å². The van der Waals surface area contributed by atoms with Crippen LogP contribution in [0.15, 0.2) is 76.0 Å². The summed E-state index contributed by atoms with van der Waals surface area (Å²) in [5.74, 6) is -0.640. The third-order valence-corrected chi connectivity index (χ3v) is 5.94. The maximum atomic E-state index is 12.8. The van der Waals surface area contributed by atoms with Gasteiger partial charge >= 0.3 is 6.18 Å². The molecule has 0 fully saturated rings. The van der Waals surface area contributed by atoms with E-state index in [9.17, 15) is 26.4 Å². The van der Waals surface area contributed by atoms with Gasteiger partial charge in [0.1, 0.15) is 0 Å². The van der Waals surface area contributed by atoms with Crippen molar-refractivity contribution in [2.24, 2.45) is 5.10 Å². The topological polar surface area (TPSA) is 87.6 Å². The molecular weight excluding hydrogens is 439 g/mol. The zero-order valence-electron chi connectivity index (χ0n) is 15.1. The highest BCUT2D eigenvalue weighted by atomic mass is 32.2. The van der Waals surface area contributed by atoms with Crippen LogP contribution in [-0.4, -0.2) is 20.5 Å². The zero-order chi connectivity index (χ0) is 21.8. The molecule has 2 N–H and O–H groups in total. The molecule has 156 valence electrons. The van der Waals surface area contributed by atoms with Crippen molar-refractivity contribution in [3.8, 4) is 0 Å². The molecule has 6 nitrogen and oxygen atoms in total. The molecule has 0 spiro atoms. The lowest BCUT2D eigenvalue weighted by molar-refractivity contribution is -0.137. The van der Waals surface area contributed by atoms with E-state index in [1.165, 1.54) is 41.8 Å². The van der Waals surface area contributed by atoms with Gasteiger partial charge in [0, 0.05) is 16.1 Å². The van der Waals surface area contributed by atoms with Crippen LogP contribution in [0.5, 0.6) is 0 Å². The number of carbonyl (C=O) groups is 1. The van der Waals surface area contributed by atoms with Crippen LogP contribution in [-0.2, 0) is 16.2 Å². The van der Waals surface area contributed by atoms with Gasteiger partial charge in [-0.15, -0.1) is 11.3 Å². The van der Waals surface area contributed by atoms with Gasteiger partial charge in [-0.1, -0.05) is 18.2 Å². The van der Waals surface area contributed by atoms with Gasteiger partial charge in [0.2, 0.25) is 0 Å². The zero-order valence-corrected chi connectivity index (χ0v) is 16.7. The minimum Gasteiger partial charge on any atom is -0.280 e. The van der Waals surface area contributed by atoms with Crippen LogP contribution in [0.1, 0.15) is 20.8 Å². The number of anilines is 1. The van der Waals surface area contributed by atoms with Gasteiger partial charge in [0.25, 0.3) is 15.9 Å². The number of sulfonamides is 1. The fourth-order valence-electron chi connectivity index (χ4n) is 2.36. The number of hydrazone groups is 1. The number of carbonyl (C=O) groups excluding carboxylic acids is 1. The van der Waals surface area contributed by atoms with Crippen molar-refractivity contribution < 1.29 is 26.4 Å². The van der Waals surface area contributed by atoms with Crippen molar-refractivity contribution in [2.75, 3.05) is 4.72 Å². The summed E-state index contributed by atoms with van der Waals surface area (Å²) in [4.78, 5) is 12.7. The van der Waals surface area contributed by atoms with Gasteiger partial charge in [-0.05, 0) is 47.8 Å². The molecule has 0 aliphatic heterocycles. The summed E-state index contributed by atoms with van der Waals surface area (Å²) < 4.78 is 65.7. The Bertz CT molecular complexity index is 1170. The lowest BCUT2D eigenvalue weighted by atomic mass is 10.2. The van der Waals surface area contributed by atoms with Crippen LogP contribution in [0, 0.1) is 0 Å². The molecule has 0 unspecified atom stereocenters. The summed E-state index contributed by atoms with van der Waals surface area (Å²) in [7, 11) is -4.22. The van der Waals surface area contributed by atoms with Crippen LogP contribution in [0.25, 0.3) is 0 Å². The number of thiophene rings is 1. The molecule has 0 radical (unpaired) electrons. The quantitative estimate of drug-likeness (QED) is 0.430. The van der Waals surface area contributed by atoms with Crippen molar-refractivity contribution in [3.05, 3.63) is 82.0 Å². The number of nitrogens with zero attached hydrogens (tertiary/aromatic N) is 1. The summed E-state index contributed by atoms with van der Waals surface area (Å²) in [6, 6.07) is 12.5. The fraction of sp³-hybridized carbons (Fsp3) is 0.0526. The number of hydrogen-bond donors (Lipinski definition) is 2. The highest BCUT2D eigenvalue weighted by molar-refractivity contribution is 7.92. The first-order valence-corrected chi connectivity index (χ1v) is 10.7. The van der Waals surface area contributed by atoms with Gasteiger partial charge < -0.3 is 0 Å². The first kappa shape index (κ1) is 21.5. The van der Waals surface area contributed by atoms with Crippen molar-refractivity contribution in [1.29, 1.82) is 0 Å². The first-order valence-electron chi connectivity index (χ1n) is 8.32. The fourth-order valence-corrected chi connectivity index (χ4v) is 4.04. The highest BCUT2D eigenvalue weighted by Crippen LogP contribution is 2.31. The van der Waals surface area contributed by atoms with Crippen molar-refractivity contribution in [2.45, 2.75) is 11.1 Å². The summed E-state index contributed by atoms with van der Waals surface area (Å²) in [6.07, 6.45) is -3.17. The third-order valence-electron chi connectivity index (χ3n) is 3.75. The Hall–Kier alpha value is -3.18. The second-order valence-corrected chi connectivity index (χ2v) is 8.59. The van der Waals surface area contributed by atoms with Crippen molar-refractivity contribution in [1.82, 2.24) is 5.43 Å². The van der Waals surface area contributed by atoms with Crippen LogP contribution in [0.4, 0.5) is 18.9 Å². The molecule has 0 saturated carbocycles. The monoisotopic (exact) mass is 453 g/mol. The van der Waals surface area contributed by atoms with E-state index in [4.69, 9.17) is 0 Å². The van der Waals surface area contributed by atoms with E-state index in [2.05, 4.69) is 15.2 Å². The lowest BCUT2D eigenvalue weighted by Crippen LogP contribution is -2.19. The summed E-state index contributed by atoms with van der Waals surface area (Å²) in [6.45, 7) is 0. The van der Waals surface area contributed by atoms with E-state index in [1.54, 1.807) is 6.07 Å². The van der Waals surface area contributed by atoms with Crippen molar-refractivity contribution in [3.63, 3.8) is 0 Å². The second kappa shape index (κ2) is 8.67. The Labute approximate surface area is 174 Å². The third kappa shape index (κ3) is 5.45. The minimum absolute atomic E-state index is 0.0187. The molecule has 30 heavy (non-hydrogen) atoms. The van der Waals surface area contributed by atoms with Crippen LogP contribution >= 0.6 is 11.3 Å². The molecule has 1 aromatic heterocycles. The lowest BCUT2D eigenvalue weighted by Gasteiger charge is -2.11. The summed E-state index contributed by atoms with van der Waals surface area (Å²) >= 11 is 1.42. The van der Waals surface area contributed by atoms with Gasteiger partial charge in [-0.3, -0.25) is 9.52 Å². The van der Waals surface area contributed by atoms with Gasteiger partial charge in [0.15, 0.2) is 0 Å². The van der Waals surface area contributed by atoms with Gasteiger partial charge in [-0.25, -0.2) is 13.8 Å². The number of nitrogens with one attached hydrogen (secondary N) is 2. The SMILES string of the molecule is O=C(N/N=C/c1cccs1)c1cccc(S(=O)(=O)Nc2cccc(C(F)(F)F)c2)c1. The van der Waals surface area contributed by atoms with E-state index in [-0.39, 0.29) is 16.1 Å². The Balaban J connectivity index is 1.76. The highest BCUT2D eigenvalue weighted by Gasteiger charge is 2.30. The largest absolute Gasteiger partial charge is 0.416 e. The van der Waals surface area contributed by atoms with Crippen LogP contribution in [0.2, 0.25) is 0 Å². The van der Waals surface area contributed by atoms with Gasteiger partial charge in [0.05, 0.1) is 16.7 Å². The van der Waals surface area contributed by atoms with E-state index in [0.29, 0.717) is 6.07 Å². The second-order valence-electron chi connectivity index (χ2n) is 5.93. The Morgan fingerprint density at radius 1 is 1.03 bits per heavy atom. The molecule has 0 atom stereocenters. The number of halogens is 3. The predicted octanol–water partition coefficient (Wildman–Crippen LogP) is 4.33. The smallest absolute Gasteiger partial charge is 0.280 e. The molecule has 3 aromatic rings. The maximum absolute atomic E-state index is 12.8. The Morgan fingerprint density at radius 3 is 2.50 bits per heavy atom. The molecule has 1 amide bonds. The Morgan fingerprint density at radius 2 is 1.80 bits per heavy atom. The predicted molar refractivity (Wildman–Crippen MR) is 108 cm³/mol. The number of alkyl halides is 3. The number of benzene rings is 2. The van der Waals surface area contributed by atoms with Crippen LogP contribution < -0.4 is 10.1 Å². The molecule has 3 rings (SSSR count). The number of rotatable bonds is 6.